The second kappa shape index (κ2) is 20.4. The summed E-state index contributed by atoms with van der Waals surface area (Å²) in [6.45, 7) is 5.45. The largest absolute Gasteiger partial charge is 0.478 e. The van der Waals surface area contributed by atoms with E-state index in [1.54, 1.807) is 19.1 Å². The number of rotatable bonds is 4. The SMILES string of the molecule is C#C.C/C(=C\N)c1ccc(F)cc1.C/C=C(\C=N)C(=O)O.CC/C=C/C#N. The fourth-order valence-electron chi connectivity index (χ4n) is 1.25. The molecule has 0 aromatic heterocycles. The lowest BCUT2D eigenvalue weighted by Crippen LogP contribution is -1.99. The number of nitrogens with zero attached hydrogens (tertiary/aromatic N) is 1. The van der Waals surface area contributed by atoms with Gasteiger partial charge < -0.3 is 16.2 Å². The summed E-state index contributed by atoms with van der Waals surface area (Å²) in [6.07, 6.45) is 15.9. The standard InChI is InChI=1S/C9H10FN.C5H7NO2.C5H7N.C2H2/c1-7(6-11)8-2-4-9(10)5-3-8;1-2-4(3-6)5(7)8;1-2-3-4-5-6;1-2/h2-6H,11H2,1H3;2-3,6H,1H3,(H,7,8);3-4H,2H2,1H3;1-2H/b7-6+;4-2+,6-3?;4-3+;. The minimum absolute atomic E-state index is 0.0185. The predicted molar refractivity (Wildman–Crippen MR) is 109 cm³/mol. The molecule has 0 heterocycles. The second-order valence-electron chi connectivity index (χ2n) is 4.49. The third kappa shape index (κ3) is 17.0. The van der Waals surface area contributed by atoms with E-state index in [9.17, 15) is 9.18 Å². The van der Waals surface area contributed by atoms with Crippen molar-refractivity contribution in [1.29, 1.82) is 10.7 Å². The van der Waals surface area contributed by atoms with Gasteiger partial charge in [0, 0.05) is 12.3 Å². The van der Waals surface area contributed by atoms with E-state index in [0.29, 0.717) is 0 Å². The van der Waals surface area contributed by atoms with Gasteiger partial charge in [-0.1, -0.05) is 31.2 Å². The maximum Gasteiger partial charge on any atom is 0.336 e. The number of halogens is 1. The number of carbonyl (C=O) groups is 1. The van der Waals surface area contributed by atoms with Gasteiger partial charge in [0.2, 0.25) is 0 Å². The van der Waals surface area contributed by atoms with Crippen molar-refractivity contribution in [3.05, 3.63) is 65.6 Å². The molecule has 0 aliphatic heterocycles. The van der Waals surface area contributed by atoms with E-state index in [1.165, 1.54) is 30.5 Å². The molecule has 1 aromatic rings. The maximum absolute atomic E-state index is 12.4. The van der Waals surface area contributed by atoms with Crippen molar-refractivity contribution in [3.63, 3.8) is 0 Å². The zero-order valence-corrected chi connectivity index (χ0v) is 15.8. The number of carboxylic acid groups (broad SMARTS) is 1. The average Bonchev–Trinajstić information content (AvgIpc) is 2.69. The van der Waals surface area contributed by atoms with Gasteiger partial charge in [-0.25, -0.2) is 9.18 Å². The van der Waals surface area contributed by atoms with Gasteiger partial charge in [-0.15, -0.1) is 12.8 Å². The van der Waals surface area contributed by atoms with E-state index in [0.717, 1.165) is 23.8 Å². The predicted octanol–water partition coefficient (Wildman–Crippen LogP) is 4.54. The molecule has 6 heteroatoms. The zero-order valence-electron chi connectivity index (χ0n) is 15.8. The molecule has 0 unspecified atom stereocenters. The van der Waals surface area contributed by atoms with Gasteiger partial charge in [-0.3, -0.25) is 0 Å². The van der Waals surface area contributed by atoms with Crippen molar-refractivity contribution >= 4 is 17.8 Å². The fraction of sp³-hybridized carbons (Fsp3) is 0.190. The molecule has 5 nitrogen and oxygen atoms in total. The molecular formula is C21H26FN3O2. The minimum atomic E-state index is -1.05. The number of benzene rings is 1. The smallest absolute Gasteiger partial charge is 0.336 e. The highest BCUT2D eigenvalue weighted by Crippen LogP contribution is 2.12. The molecule has 0 radical (unpaired) electrons. The summed E-state index contributed by atoms with van der Waals surface area (Å²) >= 11 is 0. The van der Waals surface area contributed by atoms with Crippen LogP contribution >= 0.6 is 0 Å². The van der Waals surface area contributed by atoms with Gasteiger partial charge in [0.15, 0.2) is 0 Å². The highest BCUT2D eigenvalue weighted by molar-refractivity contribution is 6.07. The van der Waals surface area contributed by atoms with Crippen molar-refractivity contribution in [1.82, 2.24) is 0 Å². The Bertz CT molecular complexity index is 694. The molecule has 144 valence electrons. The van der Waals surface area contributed by atoms with Crippen molar-refractivity contribution in [3.8, 4) is 18.9 Å². The van der Waals surface area contributed by atoms with Crippen molar-refractivity contribution < 1.29 is 14.3 Å². The van der Waals surface area contributed by atoms with Gasteiger partial charge in [0.05, 0.1) is 11.6 Å². The Morgan fingerprint density at radius 1 is 1.37 bits per heavy atom. The van der Waals surface area contributed by atoms with Crippen LogP contribution in [-0.2, 0) is 4.79 Å². The van der Waals surface area contributed by atoms with Gasteiger partial charge in [0.1, 0.15) is 5.82 Å². The first-order valence-corrected chi connectivity index (χ1v) is 7.80. The van der Waals surface area contributed by atoms with Crippen LogP contribution in [0.25, 0.3) is 5.57 Å². The van der Waals surface area contributed by atoms with Gasteiger partial charge in [-0.05, 0) is 49.7 Å². The number of nitrogens with two attached hydrogens (primary N) is 1. The minimum Gasteiger partial charge on any atom is -0.478 e. The number of hydrogen-bond acceptors (Lipinski definition) is 4. The highest BCUT2D eigenvalue weighted by Gasteiger charge is 1.98. The molecule has 0 bridgehead atoms. The molecule has 0 saturated heterocycles. The molecule has 0 saturated carbocycles. The third-order valence-corrected chi connectivity index (χ3v) is 2.69. The van der Waals surface area contributed by atoms with Crippen molar-refractivity contribution in [2.24, 2.45) is 5.73 Å². The van der Waals surface area contributed by atoms with Crippen LogP contribution in [0.15, 0.2) is 54.3 Å². The summed E-state index contributed by atoms with van der Waals surface area (Å²) < 4.78 is 12.4. The van der Waals surface area contributed by atoms with Crippen LogP contribution in [0.5, 0.6) is 0 Å². The summed E-state index contributed by atoms with van der Waals surface area (Å²) in [5.41, 5.74) is 7.21. The topological polar surface area (TPSA) is 111 Å². The van der Waals surface area contributed by atoms with E-state index in [4.69, 9.17) is 21.5 Å². The Morgan fingerprint density at radius 3 is 2.11 bits per heavy atom. The lowest BCUT2D eigenvalue weighted by atomic mass is 10.1. The van der Waals surface area contributed by atoms with Gasteiger partial charge in [-0.2, -0.15) is 5.26 Å². The molecule has 1 aromatic carbocycles. The number of carboxylic acids is 1. The first kappa shape index (κ1) is 28.2. The Labute approximate surface area is 160 Å². The lowest BCUT2D eigenvalue weighted by Gasteiger charge is -1.98. The van der Waals surface area contributed by atoms with Crippen LogP contribution < -0.4 is 5.73 Å². The number of nitrogens with one attached hydrogen (secondary N) is 1. The Kier molecular flexibility index (Phi) is 21.3. The number of aliphatic carboxylic acids is 1. The number of nitriles is 1. The summed E-state index contributed by atoms with van der Waals surface area (Å²) in [4.78, 5) is 9.94. The normalized spacial score (nSPS) is 9.96. The van der Waals surface area contributed by atoms with E-state index < -0.39 is 5.97 Å². The third-order valence-electron chi connectivity index (χ3n) is 2.69. The molecule has 1 rings (SSSR count). The molecule has 0 atom stereocenters. The molecule has 0 aliphatic rings. The monoisotopic (exact) mass is 371 g/mol. The van der Waals surface area contributed by atoms with Crippen molar-refractivity contribution in [2.75, 3.05) is 0 Å². The lowest BCUT2D eigenvalue weighted by molar-refractivity contribution is -0.132. The molecule has 0 aliphatic carbocycles. The molecule has 0 spiro atoms. The molecule has 27 heavy (non-hydrogen) atoms. The molecular weight excluding hydrogens is 345 g/mol. The van der Waals surface area contributed by atoms with Gasteiger partial charge >= 0.3 is 5.97 Å². The second-order valence-corrected chi connectivity index (χ2v) is 4.49. The van der Waals surface area contributed by atoms with Crippen LogP contribution in [0, 0.1) is 35.4 Å². The van der Waals surface area contributed by atoms with E-state index in [-0.39, 0.29) is 11.4 Å². The fourth-order valence-corrected chi connectivity index (χ4v) is 1.25. The molecule has 4 N–H and O–H groups in total. The summed E-state index contributed by atoms with van der Waals surface area (Å²) in [5.74, 6) is -1.28. The Balaban J connectivity index is -0.000000320. The summed E-state index contributed by atoms with van der Waals surface area (Å²) in [7, 11) is 0. The van der Waals surface area contributed by atoms with Crippen molar-refractivity contribution in [2.45, 2.75) is 27.2 Å². The van der Waals surface area contributed by atoms with Crippen LogP contribution in [-0.4, -0.2) is 17.3 Å². The molecule has 0 fully saturated rings. The summed E-state index contributed by atoms with van der Waals surface area (Å²) in [5, 5.41) is 22.5. The molecule has 0 amide bonds. The van der Waals surface area contributed by atoms with E-state index in [2.05, 4.69) is 12.8 Å². The van der Waals surface area contributed by atoms with Crippen LogP contribution in [0.3, 0.4) is 0 Å². The quantitative estimate of drug-likeness (QED) is 0.312. The number of hydrogen-bond donors (Lipinski definition) is 3. The van der Waals surface area contributed by atoms with Gasteiger partial charge in [0.25, 0.3) is 0 Å². The first-order chi connectivity index (χ1) is 12.9. The Hall–Kier alpha value is -3.64. The average molecular weight is 371 g/mol. The van der Waals surface area contributed by atoms with E-state index in [1.807, 2.05) is 26.0 Å². The zero-order chi connectivity index (χ0) is 21.7. The Morgan fingerprint density at radius 2 is 1.89 bits per heavy atom. The van der Waals surface area contributed by atoms with E-state index >= 15 is 0 Å². The highest BCUT2D eigenvalue weighted by atomic mass is 19.1. The number of allylic oxidation sites excluding steroid dienone is 4. The maximum atomic E-state index is 12.4. The van der Waals surface area contributed by atoms with Crippen LogP contribution in [0.4, 0.5) is 4.39 Å². The number of terminal acetylenes is 1. The summed E-state index contributed by atoms with van der Waals surface area (Å²) in [6, 6.07) is 8.13. The first-order valence-electron chi connectivity index (χ1n) is 7.80. The van der Waals surface area contributed by atoms with Crippen LogP contribution in [0.2, 0.25) is 0 Å². The van der Waals surface area contributed by atoms with Crippen LogP contribution in [0.1, 0.15) is 32.8 Å².